The van der Waals surface area contributed by atoms with Crippen molar-refractivity contribution in [1.82, 2.24) is 10.5 Å². The highest BCUT2D eigenvalue weighted by atomic mass is 16.6. The van der Waals surface area contributed by atoms with Crippen LogP contribution in [0.4, 0.5) is 4.79 Å². The fraction of sp³-hybridized carbons (Fsp3) is 0.588. The predicted molar refractivity (Wildman–Crippen MR) is 94.9 cm³/mol. The molecule has 9 heteroatoms. The maximum absolute atomic E-state index is 13.5. The van der Waals surface area contributed by atoms with E-state index in [0.29, 0.717) is 35.8 Å². The average molecular weight is 363 g/mol. The van der Waals surface area contributed by atoms with Crippen LogP contribution in [-0.2, 0) is 0 Å². The molecular weight excluding hydrogens is 338 g/mol. The molecule has 0 bridgehead atoms. The zero-order valence-electron chi connectivity index (χ0n) is 15.3. The molecule has 26 heavy (non-hydrogen) atoms. The molecule has 3 rings (SSSR count). The van der Waals surface area contributed by atoms with Gasteiger partial charge >= 0.3 is 6.03 Å². The smallest absolute Gasteiger partial charge is 0.332 e. The molecule has 1 aliphatic carbocycles. The van der Waals surface area contributed by atoms with Crippen LogP contribution in [0, 0.1) is 12.1 Å². The second kappa shape index (κ2) is 6.40. The minimum Gasteiger partial charge on any atom is -0.622 e. The Labute approximate surface area is 151 Å². The van der Waals surface area contributed by atoms with Crippen molar-refractivity contribution in [3.63, 3.8) is 0 Å². The van der Waals surface area contributed by atoms with Gasteiger partial charge in [-0.3, -0.25) is 0 Å². The first-order chi connectivity index (χ1) is 12.2. The quantitative estimate of drug-likeness (QED) is 0.420. The Morgan fingerprint density at radius 3 is 2.77 bits per heavy atom. The summed E-state index contributed by atoms with van der Waals surface area (Å²) in [5, 5.41) is 29.8. The molecular formula is C17H25N5O4. The molecule has 0 saturated heterocycles. The van der Waals surface area contributed by atoms with E-state index in [-0.39, 0.29) is 0 Å². The maximum atomic E-state index is 13.5. The molecule has 0 radical (unpaired) electrons. The van der Waals surface area contributed by atoms with Crippen LogP contribution < -0.4 is 11.2 Å². The van der Waals surface area contributed by atoms with Crippen LogP contribution in [0.1, 0.15) is 57.5 Å². The summed E-state index contributed by atoms with van der Waals surface area (Å²) in [5.74, 6) is 1.08. The van der Waals surface area contributed by atoms with Gasteiger partial charge in [-0.1, -0.05) is 6.42 Å². The van der Waals surface area contributed by atoms with E-state index in [1.807, 2.05) is 0 Å². The van der Waals surface area contributed by atoms with E-state index in [9.17, 15) is 15.2 Å². The Kier molecular flexibility index (Phi) is 4.53. The fourth-order valence-corrected chi connectivity index (χ4v) is 3.95. The third-order valence-corrected chi connectivity index (χ3v) is 5.17. The van der Waals surface area contributed by atoms with Crippen LogP contribution in [0.25, 0.3) is 0 Å². The number of carbonyl (C=O) groups is 1. The molecule has 1 fully saturated rings. The highest BCUT2D eigenvalue weighted by molar-refractivity contribution is 6.05. The van der Waals surface area contributed by atoms with E-state index in [1.165, 1.54) is 0 Å². The molecule has 0 unspecified atom stereocenters. The van der Waals surface area contributed by atoms with Gasteiger partial charge in [0.15, 0.2) is 5.76 Å². The van der Waals surface area contributed by atoms with E-state index in [4.69, 9.17) is 10.2 Å². The van der Waals surface area contributed by atoms with Crippen LogP contribution in [0.5, 0.6) is 0 Å². The summed E-state index contributed by atoms with van der Waals surface area (Å²) in [4.78, 5) is 11.1. The van der Waals surface area contributed by atoms with Crippen molar-refractivity contribution in [3.05, 3.63) is 28.9 Å². The SMILES string of the molecule is Cc1ccc(C2=[N+]([O-])[C@@]3(CCCCC/C3=N/NC(N)=O)N(O)C2(C)C)o1. The predicted octanol–water partition coefficient (Wildman–Crippen LogP) is 2.06. The van der Waals surface area contributed by atoms with Gasteiger partial charge in [0.25, 0.3) is 11.4 Å². The number of furan rings is 1. The summed E-state index contributed by atoms with van der Waals surface area (Å²) in [5.41, 5.74) is 5.64. The molecule has 1 aromatic rings. The van der Waals surface area contributed by atoms with Crippen molar-refractivity contribution in [1.29, 1.82) is 0 Å². The highest BCUT2D eigenvalue weighted by Gasteiger charge is 2.65. The molecule has 1 atom stereocenters. The lowest BCUT2D eigenvalue weighted by atomic mass is 9.94. The first kappa shape index (κ1) is 18.4. The number of nitrogens with two attached hydrogens (primary N) is 1. The Morgan fingerprint density at radius 2 is 2.15 bits per heavy atom. The normalized spacial score (nSPS) is 27.9. The number of amides is 2. The number of hydrogen-bond acceptors (Lipinski definition) is 6. The highest BCUT2D eigenvalue weighted by Crippen LogP contribution is 2.42. The van der Waals surface area contributed by atoms with Crippen molar-refractivity contribution in [2.75, 3.05) is 0 Å². The van der Waals surface area contributed by atoms with E-state index in [1.54, 1.807) is 32.9 Å². The molecule has 2 heterocycles. The number of primary amides is 1. The largest absolute Gasteiger partial charge is 0.622 e. The monoisotopic (exact) mass is 363 g/mol. The first-order valence-corrected chi connectivity index (χ1v) is 8.74. The van der Waals surface area contributed by atoms with Crippen molar-refractivity contribution in [3.8, 4) is 0 Å². The van der Waals surface area contributed by atoms with E-state index < -0.39 is 17.2 Å². The van der Waals surface area contributed by atoms with Crippen molar-refractivity contribution < 1.29 is 19.2 Å². The van der Waals surface area contributed by atoms with Crippen molar-refractivity contribution in [2.45, 2.75) is 64.1 Å². The number of hydrogen-bond donors (Lipinski definition) is 3. The number of hydrazone groups is 1. The van der Waals surface area contributed by atoms with Gasteiger partial charge in [-0.15, -0.1) is 5.06 Å². The number of aryl methyl sites for hydroxylation is 1. The summed E-state index contributed by atoms with van der Waals surface area (Å²) in [6.45, 7) is 5.30. The van der Waals surface area contributed by atoms with E-state index >= 15 is 0 Å². The minimum absolute atomic E-state index is 0.321. The van der Waals surface area contributed by atoms with Gasteiger partial charge in [0, 0.05) is 6.42 Å². The lowest BCUT2D eigenvalue weighted by Gasteiger charge is -2.35. The summed E-state index contributed by atoms with van der Waals surface area (Å²) in [7, 11) is 0. The molecule has 2 aliphatic rings. The Morgan fingerprint density at radius 1 is 1.42 bits per heavy atom. The minimum atomic E-state index is -1.40. The number of nitrogens with one attached hydrogen (secondary N) is 1. The number of carbonyl (C=O) groups excluding carboxylic acids is 1. The standard InChI is InChI=1S/C17H25N5O4/c1-11-8-9-12(26-11)14-16(2,3)22(25)17(21(14)24)10-6-4-5-7-13(17)19-20-15(18)23/h8-9,25H,4-7,10H2,1-3H3,(H3,18,20,23)/b19-13-/t17-/m0/s1. The van der Waals surface area contributed by atoms with Crippen molar-refractivity contribution >= 4 is 17.5 Å². The van der Waals surface area contributed by atoms with Gasteiger partial charge in [0.2, 0.25) is 0 Å². The lowest BCUT2D eigenvalue weighted by Crippen LogP contribution is -2.59. The number of rotatable bonds is 2. The van der Waals surface area contributed by atoms with Gasteiger partial charge in [0.1, 0.15) is 17.0 Å². The van der Waals surface area contributed by atoms with Crippen LogP contribution in [-0.4, -0.2) is 43.7 Å². The molecule has 1 aromatic heterocycles. The molecule has 2 amide bonds. The van der Waals surface area contributed by atoms with Crippen LogP contribution in [0.3, 0.4) is 0 Å². The molecule has 1 saturated carbocycles. The second-order valence-electron chi connectivity index (χ2n) is 7.34. The molecule has 1 spiro atoms. The number of nitrogens with zero attached hydrogens (tertiary/aromatic N) is 3. The maximum Gasteiger partial charge on any atom is 0.332 e. The second-order valence-corrected chi connectivity index (χ2v) is 7.34. The summed E-state index contributed by atoms with van der Waals surface area (Å²) >= 11 is 0. The topological polar surface area (TPSA) is 130 Å². The van der Waals surface area contributed by atoms with Gasteiger partial charge < -0.3 is 20.6 Å². The lowest BCUT2D eigenvalue weighted by molar-refractivity contribution is -0.567. The Balaban J connectivity index is 2.20. The zero-order valence-corrected chi connectivity index (χ0v) is 15.3. The summed E-state index contributed by atoms with van der Waals surface area (Å²) in [6, 6.07) is 2.68. The number of hydroxylamine groups is 3. The van der Waals surface area contributed by atoms with Crippen LogP contribution >= 0.6 is 0 Å². The van der Waals surface area contributed by atoms with Crippen LogP contribution in [0.2, 0.25) is 0 Å². The third-order valence-electron chi connectivity index (χ3n) is 5.17. The van der Waals surface area contributed by atoms with E-state index in [2.05, 4.69) is 10.5 Å². The number of urea groups is 1. The van der Waals surface area contributed by atoms with Gasteiger partial charge in [-0.05, 0) is 52.2 Å². The molecule has 0 aromatic carbocycles. The Hall–Kier alpha value is -2.39. The molecule has 4 N–H and O–H groups in total. The van der Waals surface area contributed by atoms with Gasteiger partial charge in [-0.25, -0.2) is 10.2 Å². The molecule has 1 aliphatic heterocycles. The summed E-state index contributed by atoms with van der Waals surface area (Å²) in [6.07, 6.45) is 3.29. The Bertz CT molecular complexity index is 782. The van der Waals surface area contributed by atoms with E-state index in [0.717, 1.165) is 29.1 Å². The average Bonchev–Trinajstić information content (AvgIpc) is 2.94. The zero-order chi connectivity index (χ0) is 19.1. The van der Waals surface area contributed by atoms with Gasteiger partial charge in [0.05, 0.1) is 0 Å². The first-order valence-electron chi connectivity index (χ1n) is 8.74. The molecule has 142 valence electrons. The third kappa shape index (κ3) is 2.67. The summed E-state index contributed by atoms with van der Waals surface area (Å²) < 4.78 is 6.46. The van der Waals surface area contributed by atoms with Gasteiger partial charge in [-0.2, -0.15) is 9.84 Å². The van der Waals surface area contributed by atoms with Crippen LogP contribution in [0.15, 0.2) is 21.7 Å². The van der Waals surface area contributed by atoms with Crippen molar-refractivity contribution in [2.24, 2.45) is 10.8 Å². The molecule has 9 nitrogen and oxygen atoms in total. The fourth-order valence-electron chi connectivity index (χ4n) is 3.95.